The quantitative estimate of drug-likeness (QED) is 0.821. The summed E-state index contributed by atoms with van der Waals surface area (Å²) in [4.78, 5) is 15.3. The molecule has 22 heavy (non-hydrogen) atoms. The monoisotopic (exact) mass is 299 g/mol. The maximum absolute atomic E-state index is 12.8. The van der Waals surface area contributed by atoms with E-state index in [2.05, 4.69) is 27.8 Å². The van der Waals surface area contributed by atoms with Crippen LogP contribution in [0, 0.1) is 5.92 Å². The minimum Gasteiger partial charge on any atom is -0.343 e. The predicted octanol–water partition coefficient (Wildman–Crippen LogP) is 2.70. The zero-order valence-corrected chi connectivity index (χ0v) is 13.2. The largest absolute Gasteiger partial charge is 0.343 e. The van der Waals surface area contributed by atoms with Crippen LogP contribution in [0.4, 0.5) is 0 Å². The van der Waals surface area contributed by atoms with E-state index in [-0.39, 0.29) is 5.56 Å². The molecule has 0 radical (unpaired) electrons. The zero-order chi connectivity index (χ0) is 14.9. The highest BCUT2D eigenvalue weighted by Crippen LogP contribution is 2.31. The molecule has 4 nitrogen and oxygen atoms in total. The van der Waals surface area contributed by atoms with Crippen molar-refractivity contribution in [3.05, 3.63) is 34.9 Å². The minimum absolute atomic E-state index is 0.185. The number of hydrogen-bond donors (Lipinski definition) is 0. The fraction of sp³-hybridized carbons (Fsp3) is 0.611. The normalized spacial score (nSPS) is 19.3. The van der Waals surface area contributed by atoms with Crippen molar-refractivity contribution in [2.24, 2.45) is 5.92 Å². The lowest BCUT2D eigenvalue weighted by Gasteiger charge is -2.15. The standard InChI is InChI=1S/C18H25N3O/c22-18-17-16(7-13-21(17)14-15-4-5-15)6-12-20(18)11-3-10-19-8-1-2-9-19/h6-7,12-13,15H,1-5,8-11,14H2. The second kappa shape index (κ2) is 5.92. The SMILES string of the molecule is O=c1c2c(ccn1CCCN1CCCC1)ccn2CC1CC1. The average molecular weight is 299 g/mol. The van der Waals surface area contributed by atoms with Gasteiger partial charge in [-0.25, -0.2) is 0 Å². The van der Waals surface area contributed by atoms with Gasteiger partial charge >= 0.3 is 0 Å². The Morgan fingerprint density at radius 3 is 2.45 bits per heavy atom. The van der Waals surface area contributed by atoms with E-state index >= 15 is 0 Å². The molecule has 2 aromatic heterocycles. The Kier molecular flexibility index (Phi) is 3.78. The maximum atomic E-state index is 12.8. The lowest BCUT2D eigenvalue weighted by atomic mass is 10.3. The summed E-state index contributed by atoms with van der Waals surface area (Å²) in [5.74, 6) is 0.791. The molecule has 0 bridgehead atoms. The molecule has 0 atom stereocenters. The fourth-order valence-electron chi connectivity index (χ4n) is 3.62. The highest BCUT2D eigenvalue weighted by Gasteiger charge is 2.22. The number of likely N-dealkylation sites (tertiary alicyclic amines) is 1. The van der Waals surface area contributed by atoms with E-state index in [0.717, 1.165) is 42.9 Å². The van der Waals surface area contributed by atoms with Crippen LogP contribution in [0.3, 0.4) is 0 Å². The van der Waals surface area contributed by atoms with Gasteiger partial charge in [-0.2, -0.15) is 0 Å². The van der Waals surface area contributed by atoms with E-state index in [4.69, 9.17) is 0 Å². The van der Waals surface area contributed by atoms with Crippen LogP contribution in [-0.4, -0.2) is 33.7 Å². The number of aromatic nitrogens is 2. The number of fused-ring (bicyclic) bond motifs is 1. The molecular formula is C18H25N3O. The molecule has 4 heteroatoms. The van der Waals surface area contributed by atoms with E-state index in [1.54, 1.807) is 0 Å². The molecule has 118 valence electrons. The number of aryl methyl sites for hydroxylation is 1. The van der Waals surface area contributed by atoms with Gasteiger partial charge in [0.25, 0.3) is 5.56 Å². The number of rotatable bonds is 6. The molecule has 2 aromatic rings. The summed E-state index contributed by atoms with van der Waals surface area (Å²) in [7, 11) is 0. The third-order valence-electron chi connectivity index (χ3n) is 5.12. The molecule has 3 heterocycles. The molecule has 2 aliphatic rings. The Hall–Kier alpha value is -1.55. The molecule has 0 N–H and O–H groups in total. The summed E-state index contributed by atoms with van der Waals surface area (Å²) < 4.78 is 4.08. The van der Waals surface area contributed by atoms with Gasteiger partial charge in [-0.1, -0.05) is 0 Å². The summed E-state index contributed by atoms with van der Waals surface area (Å²) in [6, 6.07) is 4.17. The molecule has 0 amide bonds. The lowest BCUT2D eigenvalue weighted by molar-refractivity contribution is 0.324. The third-order valence-corrected chi connectivity index (χ3v) is 5.12. The zero-order valence-electron chi connectivity index (χ0n) is 13.2. The summed E-state index contributed by atoms with van der Waals surface area (Å²) in [6.45, 7) is 5.43. The Morgan fingerprint density at radius 1 is 1.00 bits per heavy atom. The molecule has 1 aliphatic carbocycles. The Balaban J connectivity index is 1.50. The Morgan fingerprint density at radius 2 is 1.73 bits per heavy atom. The molecule has 1 saturated carbocycles. The Labute approximate surface area is 131 Å². The van der Waals surface area contributed by atoms with Crippen molar-refractivity contribution in [2.75, 3.05) is 19.6 Å². The highest BCUT2D eigenvalue weighted by molar-refractivity contribution is 5.78. The third kappa shape index (κ3) is 2.84. The van der Waals surface area contributed by atoms with Crippen molar-refractivity contribution in [1.29, 1.82) is 0 Å². The molecule has 1 aliphatic heterocycles. The van der Waals surface area contributed by atoms with Crippen molar-refractivity contribution >= 4 is 10.9 Å². The van der Waals surface area contributed by atoms with Gasteiger partial charge in [-0.05, 0) is 69.8 Å². The van der Waals surface area contributed by atoms with Gasteiger partial charge in [0.2, 0.25) is 0 Å². The van der Waals surface area contributed by atoms with Gasteiger partial charge in [-0.15, -0.1) is 0 Å². The van der Waals surface area contributed by atoms with Crippen LogP contribution in [-0.2, 0) is 13.1 Å². The first kappa shape index (κ1) is 14.1. The van der Waals surface area contributed by atoms with Crippen LogP contribution >= 0.6 is 0 Å². The molecule has 0 unspecified atom stereocenters. The van der Waals surface area contributed by atoms with Gasteiger partial charge in [0, 0.05) is 30.9 Å². The van der Waals surface area contributed by atoms with E-state index in [1.807, 2.05) is 10.8 Å². The van der Waals surface area contributed by atoms with Crippen LogP contribution in [0.1, 0.15) is 32.1 Å². The van der Waals surface area contributed by atoms with Gasteiger partial charge in [0.05, 0.1) is 0 Å². The summed E-state index contributed by atoms with van der Waals surface area (Å²) in [6.07, 6.45) is 10.4. The van der Waals surface area contributed by atoms with Crippen LogP contribution in [0.5, 0.6) is 0 Å². The van der Waals surface area contributed by atoms with E-state index in [9.17, 15) is 4.79 Å². The summed E-state index contributed by atoms with van der Waals surface area (Å²) in [5.41, 5.74) is 1.08. The molecular weight excluding hydrogens is 274 g/mol. The summed E-state index contributed by atoms with van der Waals surface area (Å²) >= 11 is 0. The van der Waals surface area contributed by atoms with Gasteiger partial charge in [-0.3, -0.25) is 4.79 Å². The first-order chi connectivity index (χ1) is 10.8. The number of hydrogen-bond acceptors (Lipinski definition) is 2. The van der Waals surface area contributed by atoms with Crippen molar-refractivity contribution in [1.82, 2.24) is 14.0 Å². The molecule has 1 saturated heterocycles. The van der Waals surface area contributed by atoms with Crippen LogP contribution in [0.15, 0.2) is 29.3 Å². The molecule has 0 spiro atoms. The first-order valence-electron chi connectivity index (χ1n) is 8.72. The van der Waals surface area contributed by atoms with Crippen molar-refractivity contribution in [3.8, 4) is 0 Å². The number of nitrogens with zero attached hydrogens (tertiary/aromatic N) is 3. The second-order valence-electron chi connectivity index (χ2n) is 6.93. The second-order valence-corrected chi connectivity index (χ2v) is 6.93. The van der Waals surface area contributed by atoms with Crippen molar-refractivity contribution in [3.63, 3.8) is 0 Å². The Bertz CT molecular complexity index is 705. The number of pyridine rings is 1. The van der Waals surface area contributed by atoms with Crippen molar-refractivity contribution < 1.29 is 0 Å². The van der Waals surface area contributed by atoms with Crippen LogP contribution in [0.25, 0.3) is 10.9 Å². The van der Waals surface area contributed by atoms with Crippen LogP contribution < -0.4 is 5.56 Å². The van der Waals surface area contributed by atoms with Crippen molar-refractivity contribution in [2.45, 2.75) is 45.2 Å². The molecule has 0 aromatic carbocycles. The smallest absolute Gasteiger partial charge is 0.275 e. The topological polar surface area (TPSA) is 30.2 Å². The first-order valence-corrected chi connectivity index (χ1v) is 8.72. The highest BCUT2D eigenvalue weighted by atomic mass is 16.1. The molecule has 2 fully saturated rings. The van der Waals surface area contributed by atoms with E-state index in [0.29, 0.717) is 0 Å². The maximum Gasteiger partial charge on any atom is 0.275 e. The van der Waals surface area contributed by atoms with Gasteiger partial charge < -0.3 is 14.0 Å². The van der Waals surface area contributed by atoms with E-state index in [1.165, 1.54) is 38.8 Å². The fourth-order valence-corrected chi connectivity index (χ4v) is 3.62. The van der Waals surface area contributed by atoms with Gasteiger partial charge in [0.15, 0.2) is 0 Å². The average Bonchev–Trinajstić information content (AvgIpc) is 3.01. The van der Waals surface area contributed by atoms with E-state index < -0.39 is 0 Å². The minimum atomic E-state index is 0.185. The molecule has 4 rings (SSSR count). The summed E-state index contributed by atoms with van der Waals surface area (Å²) in [5, 5.41) is 1.08. The van der Waals surface area contributed by atoms with Gasteiger partial charge in [0.1, 0.15) is 5.52 Å². The lowest BCUT2D eigenvalue weighted by Crippen LogP contribution is -2.25. The predicted molar refractivity (Wildman–Crippen MR) is 89.2 cm³/mol. The van der Waals surface area contributed by atoms with Crippen LogP contribution in [0.2, 0.25) is 0 Å².